The number of rotatable bonds is 3. The quantitative estimate of drug-likeness (QED) is 0.774. The maximum absolute atomic E-state index is 13.2. The topological polar surface area (TPSA) is 46.2 Å². The molecule has 0 aliphatic heterocycles. The molecule has 78 valence electrons. The van der Waals surface area contributed by atoms with Crippen LogP contribution in [0.1, 0.15) is 24.5 Å². The van der Waals surface area contributed by atoms with Crippen LogP contribution in [0.3, 0.4) is 0 Å². The fourth-order valence-corrected chi connectivity index (χ4v) is 1.35. The molecule has 0 amide bonds. The van der Waals surface area contributed by atoms with Crippen molar-refractivity contribution in [1.29, 1.82) is 0 Å². The summed E-state index contributed by atoms with van der Waals surface area (Å²) in [6.45, 7) is 3.71. The summed E-state index contributed by atoms with van der Waals surface area (Å²) in [5.74, 6) is -0.292. The average Bonchev–Trinajstić information content (AvgIpc) is 2.09. The van der Waals surface area contributed by atoms with Gasteiger partial charge in [-0.25, -0.2) is 4.39 Å². The lowest BCUT2D eigenvalue weighted by Gasteiger charge is -2.23. The van der Waals surface area contributed by atoms with Crippen LogP contribution in [0.2, 0.25) is 0 Å². The Hall–Kier alpha value is -0.930. The zero-order chi connectivity index (χ0) is 10.8. The van der Waals surface area contributed by atoms with E-state index < -0.39 is 5.60 Å². The molecular formula is C11H16FNO. The van der Waals surface area contributed by atoms with Gasteiger partial charge >= 0.3 is 0 Å². The Morgan fingerprint density at radius 3 is 2.64 bits per heavy atom. The average molecular weight is 197 g/mol. The fourth-order valence-electron chi connectivity index (χ4n) is 1.35. The Labute approximate surface area is 83.6 Å². The van der Waals surface area contributed by atoms with Gasteiger partial charge in [-0.15, -0.1) is 0 Å². The Bertz CT molecular complexity index is 323. The second-order valence-corrected chi connectivity index (χ2v) is 3.78. The molecule has 0 saturated carbocycles. The molecule has 3 N–H and O–H groups in total. The highest BCUT2D eigenvalue weighted by atomic mass is 19.1. The molecule has 1 atom stereocenters. The molecule has 0 fully saturated rings. The summed E-state index contributed by atoms with van der Waals surface area (Å²) in [4.78, 5) is 0. The third kappa shape index (κ3) is 2.30. The summed E-state index contributed by atoms with van der Waals surface area (Å²) in [6, 6.07) is 4.76. The predicted molar refractivity (Wildman–Crippen MR) is 54.4 cm³/mol. The van der Waals surface area contributed by atoms with Gasteiger partial charge in [-0.1, -0.05) is 12.1 Å². The molecule has 0 bridgehead atoms. The Morgan fingerprint density at radius 1 is 1.50 bits per heavy atom. The van der Waals surface area contributed by atoms with Crippen LogP contribution >= 0.6 is 0 Å². The van der Waals surface area contributed by atoms with E-state index in [2.05, 4.69) is 0 Å². The van der Waals surface area contributed by atoms with Crippen molar-refractivity contribution in [1.82, 2.24) is 0 Å². The van der Waals surface area contributed by atoms with Crippen molar-refractivity contribution >= 4 is 0 Å². The summed E-state index contributed by atoms with van der Waals surface area (Å²) < 4.78 is 13.2. The monoisotopic (exact) mass is 197 g/mol. The Balaban J connectivity index is 3.01. The second kappa shape index (κ2) is 4.07. The van der Waals surface area contributed by atoms with Crippen molar-refractivity contribution in [2.24, 2.45) is 5.73 Å². The molecule has 1 aromatic carbocycles. The van der Waals surface area contributed by atoms with Crippen LogP contribution in [0.15, 0.2) is 18.2 Å². The zero-order valence-electron chi connectivity index (χ0n) is 8.55. The van der Waals surface area contributed by atoms with Gasteiger partial charge in [0.2, 0.25) is 0 Å². The number of hydrogen-bond donors (Lipinski definition) is 2. The number of hydrogen-bond acceptors (Lipinski definition) is 2. The van der Waals surface area contributed by atoms with Gasteiger partial charge in [0.15, 0.2) is 0 Å². The standard InChI is InChI=1S/C11H16FNO/c1-8-3-4-9(7-10(8)12)11(2,14)5-6-13/h3-4,7,14H,5-6,13H2,1-2H3. The van der Waals surface area contributed by atoms with Crippen LogP contribution < -0.4 is 5.73 Å². The summed E-state index contributed by atoms with van der Waals surface area (Å²) in [6.07, 6.45) is 0.426. The molecular weight excluding hydrogens is 181 g/mol. The molecule has 0 saturated heterocycles. The van der Waals surface area contributed by atoms with Gasteiger partial charge in [-0.3, -0.25) is 0 Å². The van der Waals surface area contributed by atoms with Crippen LogP contribution in [-0.4, -0.2) is 11.7 Å². The van der Waals surface area contributed by atoms with Crippen molar-refractivity contribution < 1.29 is 9.50 Å². The molecule has 0 aliphatic carbocycles. The van der Waals surface area contributed by atoms with Crippen molar-refractivity contribution in [2.75, 3.05) is 6.54 Å². The largest absolute Gasteiger partial charge is 0.385 e. The third-order valence-corrected chi connectivity index (χ3v) is 2.42. The lowest BCUT2D eigenvalue weighted by Crippen LogP contribution is -2.25. The first kappa shape index (κ1) is 11.1. The van der Waals surface area contributed by atoms with E-state index >= 15 is 0 Å². The first-order valence-electron chi connectivity index (χ1n) is 4.66. The first-order chi connectivity index (χ1) is 6.47. The molecule has 0 aromatic heterocycles. The van der Waals surface area contributed by atoms with E-state index in [1.165, 1.54) is 6.07 Å². The molecule has 1 rings (SSSR count). The number of halogens is 1. The highest BCUT2D eigenvalue weighted by Crippen LogP contribution is 2.25. The first-order valence-corrected chi connectivity index (χ1v) is 4.66. The summed E-state index contributed by atoms with van der Waals surface area (Å²) >= 11 is 0. The molecule has 0 radical (unpaired) electrons. The van der Waals surface area contributed by atoms with Gasteiger partial charge in [0.1, 0.15) is 5.82 Å². The zero-order valence-corrected chi connectivity index (χ0v) is 8.55. The van der Waals surface area contributed by atoms with Crippen molar-refractivity contribution in [3.63, 3.8) is 0 Å². The van der Waals surface area contributed by atoms with E-state index in [9.17, 15) is 9.50 Å². The second-order valence-electron chi connectivity index (χ2n) is 3.78. The Kier molecular flexibility index (Phi) is 3.24. The molecule has 0 spiro atoms. The van der Waals surface area contributed by atoms with Gasteiger partial charge in [-0.05, 0) is 44.0 Å². The van der Waals surface area contributed by atoms with Gasteiger partial charge in [0.25, 0.3) is 0 Å². The van der Waals surface area contributed by atoms with Crippen LogP contribution in [0.25, 0.3) is 0 Å². The smallest absolute Gasteiger partial charge is 0.126 e. The van der Waals surface area contributed by atoms with E-state index in [4.69, 9.17) is 5.73 Å². The van der Waals surface area contributed by atoms with E-state index in [0.717, 1.165) is 0 Å². The highest BCUT2D eigenvalue weighted by molar-refractivity contribution is 5.27. The lowest BCUT2D eigenvalue weighted by molar-refractivity contribution is 0.0501. The van der Waals surface area contributed by atoms with E-state index in [1.54, 1.807) is 26.0 Å². The van der Waals surface area contributed by atoms with E-state index in [1.807, 2.05) is 0 Å². The maximum Gasteiger partial charge on any atom is 0.126 e. The normalized spacial score (nSPS) is 15.2. The predicted octanol–water partition coefficient (Wildman–Crippen LogP) is 1.69. The van der Waals surface area contributed by atoms with Crippen molar-refractivity contribution in [3.8, 4) is 0 Å². The lowest BCUT2D eigenvalue weighted by atomic mass is 9.92. The molecule has 0 aliphatic rings. The summed E-state index contributed by atoms with van der Waals surface area (Å²) in [5, 5.41) is 9.95. The Morgan fingerprint density at radius 2 is 2.14 bits per heavy atom. The van der Waals surface area contributed by atoms with Crippen LogP contribution in [0.5, 0.6) is 0 Å². The van der Waals surface area contributed by atoms with E-state index in [-0.39, 0.29) is 5.82 Å². The number of benzene rings is 1. The van der Waals surface area contributed by atoms with Crippen LogP contribution in [-0.2, 0) is 5.60 Å². The number of nitrogens with two attached hydrogens (primary N) is 1. The van der Waals surface area contributed by atoms with Crippen molar-refractivity contribution in [3.05, 3.63) is 35.1 Å². The fraction of sp³-hybridized carbons (Fsp3) is 0.455. The van der Waals surface area contributed by atoms with E-state index in [0.29, 0.717) is 24.1 Å². The van der Waals surface area contributed by atoms with Gasteiger partial charge in [0, 0.05) is 0 Å². The highest BCUT2D eigenvalue weighted by Gasteiger charge is 2.22. The van der Waals surface area contributed by atoms with Gasteiger partial charge in [0.05, 0.1) is 5.60 Å². The summed E-state index contributed by atoms with van der Waals surface area (Å²) in [7, 11) is 0. The molecule has 1 unspecified atom stereocenters. The number of aliphatic hydroxyl groups is 1. The molecule has 1 aromatic rings. The minimum Gasteiger partial charge on any atom is -0.385 e. The minimum atomic E-state index is -1.04. The molecule has 0 heterocycles. The third-order valence-electron chi connectivity index (χ3n) is 2.42. The SMILES string of the molecule is Cc1ccc(C(C)(O)CCN)cc1F. The van der Waals surface area contributed by atoms with Crippen LogP contribution in [0, 0.1) is 12.7 Å². The number of aryl methyl sites for hydroxylation is 1. The molecule has 2 nitrogen and oxygen atoms in total. The van der Waals surface area contributed by atoms with Crippen LogP contribution in [0.4, 0.5) is 4.39 Å². The maximum atomic E-state index is 13.2. The van der Waals surface area contributed by atoms with Gasteiger partial charge in [-0.2, -0.15) is 0 Å². The van der Waals surface area contributed by atoms with Crippen molar-refractivity contribution in [2.45, 2.75) is 25.9 Å². The molecule has 3 heteroatoms. The summed E-state index contributed by atoms with van der Waals surface area (Å²) in [5.41, 5.74) is 5.48. The molecule has 14 heavy (non-hydrogen) atoms. The van der Waals surface area contributed by atoms with Gasteiger partial charge < -0.3 is 10.8 Å². The minimum absolute atomic E-state index is 0.292.